The number of halogens is 1. The Hall–Kier alpha value is -2.19. The van der Waals surface area contributed by atoms with E-state index in [4.69, 9.17) is 10.5 Å². The topological polar surface area (TPSA) is 79.1 Å². The summed E-state index contributed by atoms with van der Waals surface area (Å²) in [6, 6.07) is 6.10. The van der Waals surface area contributed by atoms with Gasteiger partial charge in [-0.25, -0.2) is 4.39 Å². The molecule has 8 heteroatoms. The maximum atomic E-state index is 13.9. The third-order valence-corrected chi connectivity index (χ3v) is 4.73. The second-order valence-corrected chi connectivity index (χ2v) is 6.28. The molecule has 0 aromatic heterocycles. The van der Waals surface area contributed by atoms with Gasteiger partial charge in [-0.05, 0) is 12.1 Å². The highest BCUT2D eigenvalue weighted by atomic mass is 19.1. The van der Waals surface area contributed by atoms with Crippen LogP contribution in [-0.2, 0) is 14.3 Å². The van der Waals surface area contributed by atoms with Crippen molar-refractivity contribution >= 4 is 17.5 Å². The summed E-state index contributed by atoms with van der Waals surface area (Å²) in [6.07, 6.45) is 0. The van der Waals surface area contributed by atoms with Crippen LogP contribution >= 0.6 is 0 Å². The van der Waals surface area contributed by atoms with Crippen molar-refractivity contribution in [2.24, 2.45) is 5.73 Å². The van der Waals surface area contributed by atoms with E-state index in [-0.39, 0.29) is 24.9 Å². The molecule has 1 aromatic rings. The average Bonchev–Trinajstić information content (AvgIpc) is 2.62. The van der Waals surface area contributed by atoms with Gasteiger partial charge in [-0.3, -0.25) is 14.5 Å². The molecule has 0 bridgehead atoms. The van der Waals surface area contributed by atoms with Crippen LogP contribution < -0.4 is 10.6 Å². The summed E-state index contributed by atoms with van der Waals surface area (Å²) in [5.41, 5.74) is 5.95. The summed E-state index contributed by atoms with van der Waals surface area (Å²) in [5, 5.41) is 0. The molecule has 1 aromatic carbocycles. The molecule has 2 amide bonds. The van der Waals surface area contributed by atoms with Gasteiger partial charge < -0.3 is 20.3 Å². The summed E-state index contributed by atoms with van der Waals surface area (Å²) in [4.78, 5) is 29.5. The molecule has 2 fully saturated rings. The minimum atomic E-state index is -0.558. The lowest BCUT2D eigenvalue weighted by Gasteiger charge is -2.38. The quantitative estimate of drug-likeness (QED) is 0.804. The zero-order valence-electron chi connectivity index (χ0n) is 14.1. The van der Waals surface area contributed by atoms with E-state index >= 15 is 0 Å². The maximum absolute atomic E-state index is 13.9. The minimum absolute atomic E-state index is 0.0404. The molecule has 0 saturated carbocycles. The Balaban J connectivity index is 1.55. The standard InChI is InChI=1S/C17H23FN4O3/c18-13-3-1-2-4-14(13)20-5-7-21(8-6-20)16(23)11-22-9-10-25-12-15(22)17(19)24/h1-4,15H,5-12H2,(H2,19,24). The van der Waals surface area contributed by atoms with Crippen molar-refractivity contribution in [3.63, 3.8) is 0 Å². The zero-order valence-corrected chi connectivity index (χ0v) is 14.1. The second-order valence-electron chi connectivity index (χ2n) is 6.28. The minimum Gasteiger partial charge on any atom is -0.378 e. The number of amides is 2. The summed E-state index contributed by atoms with van der Waals surface area (Å²) < 4.78 is 19.1. The number of nitrogens with two attached hydrogens (primary N) is 1. The highest BCUT2D eigenvalue weighted by Crippen LogP contribution is 2.20. The average molecular weight is 350 g/mol. The molecule has 0 aliphatic carbocycles. The fourth-order valence-corrected chi connectivity index (χ4v) is 3.27. The van der Waals surface area contributed by atoms with Crippen molar-refractivity contribution in [2.75, 3.05) is 57.4 Å². The van der Waals surface area contributed by atoms with Gasteiger partial charge in [0.2, 0.25) is 11.8 Å². The zero-order chi connectivity index (χ0) is 17.8. The number of hydrogen-bond donors (Lipinski definition) is 1. The number of benzene rings is 1. The van der Waals surface area contributed by atoms with Gasteiger partial charge in [0.25, 0.3) is 0 Å². The second kappa shape index (κ2) is 7.79. The van der Waals surface area contributed by atoms with Crippen LogP contribution in [0.5, 0.6) is 0 Å². The molecular weight excluding hydrogens is 327 g/mol. The lowest BCUT2D eigenvalue weighted by atomic mass is 10.2. The molecule has 1 unspecified atom stereocenters. The van der Waals surface area contributed by atoms with Gasteiger partial charge in [-0.1, -0.05) is 12.1 Å². The molecule has 2 aliphatic heterocycles. The van der Waals surface area contributed by atoms with E-state index in [1.54, 1.807) is 28.0 Å². The fraction of sp³-hybridized carbons (Fsp3) is 0.529. The molecule has 3 rings (SSSR count). The van der Waals surface area contributed by atoms with E-state index in [0.29, 0.717) is 45.0 Å². The van der Waals surface area contributed by atoms with E-state index in [2.05, 4.69) is 0 Å². The third kappa shape index (κ3) is 4.08. The predicted molar refractivity (Wildman–Crippen MR) is 90.6 cm³/mol. The number of hydrogen-bond acceptors (Lipinski definition) is 5. The Morgan fingerprint density at radius 2 is 1.88 bits per heavy atom. The number of primary amides is 1. The molecule has 2 heterocycles. The molecule has 7 nitrogen and oxygen atoms in total. The molecule has 0 radical (unpaired) electrons. The summed E-state index contributed by atoms with van der Waals surface area (Å²) in [5.74, 6) is -0.766. The first-order valence-electron chi connectivity index (χ1n) is 8.44. The van der Waals surface area contributed by atoms with Crippen molar-refractivity contribution < 1.29 is 18.7 Å². The molecule has 136 valence electrons. The molecule has 1 atom stereocenters. The van der Waals surface area contributed by atoms with Crippen LogP contribution in [0.25, 0.3) is 0 Å². The van der Waals surface area contributed by atoms with Crippen LogP contribution in [0.15, 0.2) is 24.3 Å². The van der Waals surface area contributed by atoms with Crippen LogP contribution in [0, 0.1) is 5.82 Å². The van der Waals surface area contributed by atoms with Gasteiger partial charge >= 0.3 is 0 Å². The lowest BCUT2D eigenvalue weighted by Crippen LogP contribution is -2.57. The van der Waals surface area contributed by atoms with E-state index < -0.39 is 11.9 Å². The number of ether oxygens (including phenoxy) is 1. The Labute approximate surface area is 146 Å². The molecule has 0 spiro atoms. The van der Waals surface area contributed by atoms with E-state index in [1.807, 2.05) is 4.90 Å². The SMILES string of the molecule is NC(=O)C1COCCN1CC(=O)N1CCN(c2ccccc2F)CC1. The first-order chi connectivity index (χ1) is 12.1. The smallest absolute Gasteiger partial charge is 0.237 e. The van der Waals surface area contributed by atoms with Crippen LogP contribution in [0.3, 0.4) is 0 Å². The normalized spacial score (nSPS) is 22.0. The van der Waals surface area contributed by atoms with E-state index in [9.17, 15) is 14.0 Å². The first kappa shape index (κ1) is 17.6. The van der Waals surface area contributed by atoms with Gasteiger partial charge in [-0.2, -0.15) is 0 Å². The van der Waals surface area contributed by atoms with Gasteiger partial charge in [0, 0.05) is 32.7 Å². The number of piperazine rings is 1. The number of morpholine rings is 1. The van der Waals surface area contributed by atoms with Crippen LogP contribution in [0.2, 0.25) is 0 Å². The van der Waals surface area contributed by atoms with Crippen molar-refractivity contribution in [1.29, 1.82) is 0 Å². The number of anilines is 1. The van der Waals surface area contributed by atoms with E-state index in [1.165, 1.54) is 6.07 Å². The van der Waals surface area contributed by atoms with Gasteiger partial charge in [0.05, 0.1) is 25.4 Å². The summed E-state index contributed by atoms with van der Waals surface area (Å²) in [6.45, 7) is 3.58. The number of nitrogens with zero attached hydrogens (tertiary/aromatic N) is 3. The Morgan fingerprint density at radius 3 is 2.56 bits per heavy atom. The third-order valence-electron chi connectivity index (χ3n) is 4.73. The first-order valence-corrected chi connectivity index (χ1v) is 8.44. The highest BCUT2D eigenvalue weighted by Gasteiger charge is 2.31. The van der Waals surface area contributed by atoms with Crippen molar-refractivity contribution in [1.82, 2.24) is 9.80 Å². The Kier molecular flexibility index (Phi) is 5.50. The number of para-hydroxylation sites is 1. The van der Waals surface area contributed by atoms with Crippen molar-refractivity contribution in [3.05, 3.63) is 30.1 Å². The lowest BCUT2D eigenvalue weighted by molar-refractivity contribution is -0.138. The van der Waals surface area contributed by atoms with Crippen LogP contribution in [0.1, 0.15) is 0 Å². The van der Waals surface area contributed by atoms with Crippen molar-refractivity contribution in [2.45, 2.75) is 6.04 Å². The predicted octanol–water partition coefficient (Wildman–Crippen LogP) is -0.340. The van der Waals surface area contributed by atoms with Gasteiger partial charge in [0.15, 0.2) is 0 Å². The number of carbonyl (C=O) groups excluding carboxylic acids is 2. The Morgan fingerprint density at radius 1 is 1.16 bits per heavy atom. The van der Waals surface area contributed by atoms with Crippen LogP contribution in [-0.4, -0.2) is 80.1 Å². The molecule has 25 heavy (non-hydrogen) atoms. The molecular formula is C17H23FN4O3. The molecule has 2 N–H and O–H groups in total. The number of rotatable bonds is 4. The van der Waals surface area contributed by atoms with Gasteiger partial charge in [-0.15, -0.1) is 0 Å². The summed E-state index contributed by atoms with van der Waals surface area (Å²) in [7, 11) is 0. The Bertz CT molecular complexity index is 634. The van der Waals surface area contributed by atoms with Gasteiger partial charge in [0.1, 0.15) is 11.9 Å². The molecule has 2 aliphatic rings. The largest absolute Gasteiger partial charge is 0.378 e. The highest BCUT2D eigenvalue weighted by molar-refractivity contribution is 5.83. The maximum Gasteiger partial charge on any atom is 0.237 e. The monoisotopic (exact) mass is 350 g/mol. The van der Waals surface area contributed by atoms with Crippen molar-refractivity contribution in [3.8, 4) is 0 Å². The summed E-state index contributed by atoms with van der Waals surface area (Å²) >= 11 is 0. The number of carbonyl (C=O) groups is 2. The van der Waals surface area contributed by atoms with E-state index in [0.717, 1.165) is 0 Å². The fourth-order valence-electron chi connectivity index (χ4n) is 3.27. The molecule has 2 saturated heterocycles. The van der Waals surface area contributed by atoms with Crippen LogP contribution in [0.4, 0.5) is 10.1 Å².